The van der Waals surface area contributed by atoms with Crippen LogP contribution in [0.5, 0.6) is 0 Å². The van der Waals surface area contributed by atoms with Gasteiger partial charge < -0.3 is 14.9 Å². The summed E-state index contributed by atoms with van der Waals surface area (Å²) in [5.41, 5.74) is 5.01. The maximum atomic E-state index is 14.0. The number of hydrogen-bond acceptors (Lipinski definition) is 4. The monoisotopic (exact) mass is 423 g/mol. The van der Waals surface area contributed by atoms with Crippen LogP contribution in [0, 0.1) is 17.6 Å². The number of pyridine rings is 1. The van der Waals surface area contributed by atoms with E-state index in [1.54, 1.807) is 4.90 Å². The van der Waals surface area contributed by atoms with Crippen molar-refractivity contribution in [3.63, 3.8) is 0 Å². The fraction of sp³-hybridized carbons (Fsp3) is 0.348. The molecule has 0 radical (unpaired) electrons. The number of aromatic nitrogens is 2. The Bertz CT molecular complexity index is 1150. The zero-order chi connectivity index (χ0) is 21.4. The van der Waals surface area contributed by atoms with Crippen molar-refractivity contribution in [1.29, 1.82) is 0 Å². The van der Waals surface area contributed by atoms with E-state index in [4.69, 9.17) is 0 Å². The van der Waals surface area contributed by atoms with E-state index in [9.17, 15) is 13.6 Å². The number of likely N-dealkylation sites (tertiary alicyclic amines) is 1. The number of carbonyl (C=O) groups is 1. The molecule has 6 nitrogen and oxygen atoms in total. The van der Waals surface area contributed by atoms with Gasteiger partial charge in [-0.25, -0.2) is 13.8 Å². The van der Waals surface area contributed by atoms with Crippen molar-refractivity contribution in [2.75, 3.05) is 19.6 Å². The third-order valence-electron chi connectivity index (χ3n) is 6.23. The summed E-state index contributed by atoms with van der Waals surface area (Å²) in [4.78, 5) is 18.9. The Balaban J connectivity index is 1.23. The molecule has 1 unspecified atom stereocenters. The maximum absolute atomic E-state index is 14.0. The zero-order valence-corrected chi connectivity index (χ0v) is 17.0. The number of fused-ring (bicyclic) bond motifs is 1. The fourth-order valence-electron chi connectivity index (χ4n) is 4.43. The van der Waals surface area contributed by atoms with Crippen molar-refractivity contribution in [1.82, 2.24) is 19.9 Å². The van der Waals surface area contributed by atoms with Crippen LogP contribution in [0.15, 0.2) is 47.8 Å². The molecule has 1 saturated heterocycles. The molecule has 0 spiro atoms. The predicted molar refractivity (Wildman–Crippen MR) is 114 cm³/mol. The molecule has 0 aliphatic carbocycles. The van der Waals surface area contributed by atoms with Crippen molar-refractivity contribution >= 4 is 23.2 Å². The van der Waals surface area contributed by atoms with Crippen molar-refractivity contribution < 1.29 is 13.6 Å². The molecule has 2 aromatic heterocycles. The lowest BCUT2D eigenvalue weighted by molar-refractivity contribution is 0.0678. The summed E-state index contributed by atoms with van der Waals surface area (Å²) < 4.78 is 29.2. The van der Waals surface area contributed by atoms with Gasteiger partial charge in [0.2, 0.25) is 0 Å². The van der Waals surface area contributed by atoms with Gasteiger partial charge in [-0.1, -0.05) is 0 Å². The first-order chi connectivity index (χ1) is 15.1. The first kappa shape index (κ1) is 19.7. The molecular formula is C23H23F2N5O. The summed E-state index contributed by atoms with van der Waals surface area (Å²) in [6, 6.07) is 7.35. The average Bonchev–Trinajstić information content (AvgIpc) is 3.44. The molecule has 1 aromatic carbocycles. The molecule has 3 aromatic rings. The SMILES string of the molecule is O=C(c1ccc(F)cc1F)N1CCC(Cn2ccc3cc(C4C=NNC4)cnc32)CC1. The number of halogens is 2. The Morgan fingerprint density at radius 2 is 2.00 bits per heavy atom. The highest BCUT2D eigenvalue weighted by molar-refractivity contribution is 5.94. The van der Waals surface area contributed by atoms with Crippen molar-refractivity contribution in [3.8, 4) is 0 Å². The van der Waals surface area contributed by atoms with E-state index in [2.05, 4.69) is 38.4 Å². The van der Waals surface area contributed by atoms with Gasteiger partial charge in [0.05, 0.1) is 5.56 Å². The molecule has 1 fully saturated rings. The highest BCUT2D eigenvalue weighted by Gasteiger charge is 2.26. The molecule has 0 saturated carbocycles. The highest BCUT2D eigenvalue weighted by atomic mass is 19.1. The smallest absolute Gasteiger partial charge is 0.256 e. The van der Waals surface area contributed by atoms with Crippen molar-refractivity contribution in [3.05, 3.63) is 65.5 Å². The molecule has 1 amide bonds. The largest absolute Gasteiger partial charge is 0.339 e. The molecule has 2 aliphatic rings. The Kier molecular flexibility index (Phi) is 5.13. The second-order valence-corrected chi connectivity index (χ2v) is 8.26. The first-order valence-corrected chi connectivity index (χ1v) is 10.5. The van der Waals surface area contributed by atoms with Crippen LogP contribution in [0.25, 0.3) is 11.0 Å². The van der Waals surface area contributed by atoms with E-state index in [0.29, 0.717) is 19.0 Å². The average molecular weight is 423 g/mol. The third kappa shape index (κ3) is 3.89. The third-order valence-corrected chi connectivity index (χ3v) is 6.23. The van der Waals surface area contributed by atoms with Crippen LogP contribution in [-0.2, 0) is 6.54 Å². The Hall–Kier alpha value is -3.29. The number of benzene rings is 1. The minimum absolute atomic E-state index is 0.0706. The molecular weight excluding hydrogens is 400 g/mol. The topological polar surface area (TPSA) is 62.5 Å². The molecule has 0 bridgehead atoms. The van der Waals surface area contributed by atoms with Gasteiger partial charge in [0.1, 0.15) is 17.3 Å². The van der Waals surface area contributed by atoms with Crippen LogP contribution >= 0.6 is 0 Å². The van der Waals surface area contributed by atoms with Gasteiger partial charge >= 0.3 is 0 Å². The minimum atomic E-state index is -0.809. The molecule has 1 N–H and O–H groups in total. The van der Waals surface area contributed by atoms with E-state index < -0.39 is 11.6 Å². The maximum Gasteiger partial charge on any atom is 0.256 e. The van der Waals surface area contributed by atoms with Crippen LogP contribution in [0.2, 0.25) is 0 Å². The van der Waals surface area contributed by atoms with Crippen LogP contribution < -0.4 is 5.43 Å². The quantitative estimate of drug-likeness (QED) is 0.698. The van der Waals surface area contributed by atoms with Gasteiger partial charge in [0, 0.05) is 62.2 Å². The van der Waals surface area contributed by atoms with Crippen LogP contribution in [0.3, 0.4) is 0 Å². The van der Waals surface area contributed by atoms with Crippen LogP contribution in [-0.4, -0.2) is 46.2 Å². The van der Waals surface area contributed by atoms with E-state index >= 15 is 0 Å². The van der Waals surface area contributed by atoms with E-state index in [0.717, 1.165) is 54.7 Å². The van der Waals surface area contributed by atoms with Gasteiger partial charge in [0.25, 0.3) is 5.91 Å². The minimum Gasteiger partial charge on any atom is -0.339 e. The Labute approximate surface area is 178 Å². The van der Waals surface area contributed by atoms with Gasteiger partial charge in [-0.3, -0.25) is 4.79 Å². The fourth-order valence-corrected chi connectivity index (χ4v) is 4.43. The van der Waals surface area contributed by atoms with Crippen LogP contribution in [0.1, 0.15) is 34.7 Å². The van der Waals surface area contributed by atoms with Gasteiger partial charge in [-0.15, -0.1) is 0 Å². The summed E-state index contributed by atoms with van der Waals surface area (Å²) in [7, 11) is 0. The summed E-state index contributed by atoms with van der Waals surface area (Å²) in [5.74, 6) is -1.20. The molecule has 2 aliphatic heterocycles. The summed E-state index contributed by atoms with van der Waals surface area (Å²) in [5, 5.41) is 5.19. The molecule has 5 rings (SSSR count). The number of nitrogens with zero attached hydrogens (tertiary/aromatic N) is 4. The lowest BCUT2D eigenvalue weighted by Gasteiger charge is -2.32. The lowest BCUT2D eigenvalue weighted by Crippen LogP contribution is -2.39. The standard InChI is InChI=1S/C23H23F2N5O/c24-19-1-2-20(21(25)10-19)23(31)29-6-3-15(4-7-29)14-30-8-5-16-9-17(11-26-22(16)30)18-12-27-28-13-18/h1-2,5,8-12,15,18,28H,3-4,6-7,13-14H2. The Morgan fingerprint density at radius 3 is 2.74 bits per heavy atom. The van der Waals surface area contributed by atoms with E-state index in [1.165, 1.54) is 6.07 Å². The van der Waals surface area contributed by atoms with Crippen molar-refractivity contribution in [2.45, 2.75) is 25.3 Å². The lowest BCUT2D eigenvalue weighted by atomic mass is 9.96. The predicted octanol–water partition coefficient (Wildman–Crippen LogP) is 3.54. The molecule has 160 valence electrons. The van der Waals surface area contributed by atoms with Gasteiger partial charge in [-0.05, 0) is 48.6 Å². The Morgan fingerprint density at radius 1 is 1.16 bits per heavy atom. The normalized spacial score (nSPS) is 19.2. The van der Waals surface area contributed by atoms with E-state index in [1.807, 2.05) is 12.4 Å². The number of hydrogen-bond donors (Lipinski definition) is 1. The number of piperidine rings is 1. The van der Waals surface area contributed by atoms with Crippen LogP contribution in [0.4, 0.5) is 8.78 Å². The highest BCUT2D eigenvalue weighted by Crippen LogP contribution is 2.25. The van der Waals surface area contributed by atoms with Crippen molar-refractivity contribution in [2.24, 2.45) is 11.0 Å². The van der Waals surface area contributed by atoms with E-state index in [-0.39, 0.29) is 17.4 Å². The molecule has 8 heteroatoms. The summed E-state index contributed by atoms with van der Waals surface area (Å²) in [6.45, 7) is 2.75. The summed E-state index contributed by atoms with van der Waals surface area (Å²) in [6.07, 6.45) is 7.55. The number of hydrazone groups is 1. The number of rotatable bonds is 4. The number of nitrogens with one attached hydrogen (secondary N) is 1. The molecule has 4 heterocycles. The summed E-state index contributed by atoms with van der Waals surface area (Å²) >= 11 is 0. The van der Waals surface area contributed by atoms with Gasteiger partial charge in [0.15, 0.2) is 0 Å². The second kappa shape index (κ2) is 8.09. The van der Waals surface area contributed by atoms with Gasteiger partial charge in [-0.2, -0.15) is 5.10 Å². The number of amides is 1. The molecule has 31 heavy (non-hydrogen) atoms. The zero-order valence-electron chi connectivity index (χ0n) is 17.0. The molecule has 1 atom stereocenters. The first-order valence-electron chi connectivity index (χ1n) is 10.5. The number of carbonyl (C=O) groups excluding carboxylic acids is 1. The second-order valence-electron chi connectivity index (χ2n) is 8.26.